The summed E-state index contributed by atoms with van der Waals surface area (Å²) in [6, 6.07) is 5.94. The SMILES string of the molecule is CN(C)c1ccccc1S(=O)(=O)[N-][N+](=O)[O-].[Ag+]. The zero-order chi connectivity index (χ0) is 12.3. The van der Waals surface area contributed by atoms with Crippen LogP contribution >= 0.6 is 0 Å². The van der Waals surface area contributed by atoms with E-state index in [0.717, 1.165) is 0 Å². The van der Waals surface area contributed by atoms with Gasteiger partial charge in [0.15, 0.2) is 10.0 Å². The Labute approximate surface area is 114 Å². The van der Waals surface area contributed by atoms with Crippen LogP contribution in [-0.2, 0) is 32.4 Å². The van der Waals surface area contributed by atoms with E-state index in [1.54, 1.807) is 31.1 Å². The number of nitrogens with zero attached hydrogens (tertiary/aromatic N) is 3. The van der Waals surface area contributed by atoms with Gasteiger partial charge in [0.2, 0.25) is 0 Å². The van der Waals surface area contributed by atoms with Crippen LogP contribution in [0.2, 0.25) is 0 Å². The molecule has 0 N–H and O–H groups in total. The van der Waals surface area contributed by atoms with Gasteiger partial charge >= 0.3 is 22.4 Å². The Hall–Kier alpha value is -1.09. The van der Waals surface area contributed by atoms with Crippen LogP contribution in [0, 0.1) is 10.1 Å². The molecule has 0 aliphatic carbocycles. The van der Waals surface area contributed by atoms with Crippen LogP contribution in [0.5, 0.6) is 0 Å². The zero-order valence-corrected chi connectivity index (χ0v) is 11.3. The van der Waals surface area contributed by atoms with Gasteiger partial charge in [-0.25, -0.2) is 8.42 Å². The largest absolute Gasteiger partial charge is 1.00 e. The summed E-state index contributed by atoms with van der Waals surface area (Å²) in [6.45, 7) is 0. The topological polar surface area (TPSA) is 94.6 Å². The third-order valence-corrected chi connectivity index (χ3v) is 3.05. The Morgan fingerprint density at radius 1 is 1.29 bits per heavy atom. The van der Waals surface area contributed by atoms with Gasteiger partial charge in [0.25, 0.3) is 0 Å². The van der Waals surface area contributed by atoms with Gasteiger partial charge in [0.1, 0.15) is 0 Å². The fraction of sp³-hybridized carbons (Fsp3) is 0.250. The van der Waals surface area contributed by atoms with E-state index >= 15 is 0 Å². The van der Waals surface area contributed by atoms with Crippen molar-refractivity contribution < 1.29 is 35.8 Å². The second-order valence-electron chi connectivity index (χ2n) is 3.16. The summed E-state index contributed by atoms with van der Waals surface area (Å²) in [4.78, 5) is 14.0. The molecule has 0 bridgehead atoms. The standard InChI is InChI=1S/C8H10N3O4S.Ag/c1-10(2)7-5-3-4-6-8(7)16(14,15)9-11(12)13;/h3-6H,1-2H3;/q-1;+1. The maximum Gasteiger partial charge on any atom is 1.00 e. The van der Waals surface area contributed by atoms with Crippen LogP contribution in [0.1, 0.15) is 0 Å². The third kappa shape index (κ3) is 4.00. The van der Waals surface area contributed by atoms with Crippen molar-refractivity contribution in [3.05, 3.63) is 39.2 Å². The first kappa shape index (κ1) is 15.9. The van der Waals surface area contributed by atoms with Crippen molar-refractivity contribution in [3.63, 3.8) is 0 Å². The fourth-order valence-electron chi connectivity index (χ4n) is 1.18. The minimum absolute atomic E-state index is 0. The smallest absolute Gasteiger partial charge is 0.377 e. The maximum atomic E-state index is 11.5. The number of hydrogen-bond acceptors (Lipinski definition) is 5. The number of hydrogen-bond donors (Lipinski definition) is 0. The van der Waals surface area contributed by atoms with E-state index in [2.05, 4.69) is 4.83 Å². The predicted molar refractivity (Wildman–Crippen MR) is 58.3 cm³/mol. The molecule has 1 aromatic rings. The Kier molecular flexibility index (Phi) is 5.62. The molecule has 0 fully saturated rings. The molecule has 0 unspecified atom stereocenters. The quantitative estimate of drug-likeness (QED) is 0.458. The molecule has 7 nitrogen and oxygen atoms in total. The van der Waals surface area contributed by atoms with E-state index in [4.69, 9.17) is 0 Å². The van der Waals surface area contributed by atoms with Crippen molar-refractivity contribution in [2.45, 2.75) is 4.90 Å². The number of para-hydroxylation sites is 1. The molecule has 0 radical (unpaired) electrons. The zero-order valence-electron chi connectivity index (χ0n) is 8.99. The molecule has 1 aromatic carbocycles. The fourth-order valence-corrected chi connectivity index (χ4v) is 2.21. The summed E-state index contributed by atoms with van der Waals surface area (Å²) >= 11 is 0. The molecular weight excluding hydrogens is 342 g/mol. The Morgan fingerprint density at radius 2 is 1.82 bits per heavy atom. The van der Waals surface area contributed by atoms with E-state index in [1.807, 2.05) is 0 Å². The molecule has 0 spiro atoms. The van der Waals surface area contributed by atoms with Crippen molar-refractivity contribution in [3.8, 4) is 0 Å². The first-order chi connectivity index (χ1) is 7.34. The second-order valence-corrected chi connectivity index (χ2v) is 4.71. The molecule has 0 aliphatic heterocycles. The number of rotatable bonds is 4. The average Bonchev–Trinajstić information content (AvgIpc) is 2.15. The van der Waals surface area contributed by atoms with E-state index in [0.29, 0.717) is 5.69 Å². The molecule has 9 heteroatoms. The molecule has 98 valence electrons. The van der Waals surface area contributed by atoms with E-state index in [9.17, 15) is 18.5 Å². The molecule has 0 amide bonds. The summed E-state index contributed by atoms with van der Waals surface area (Å²) in [6.07, 6.45) is 0. The van der Waals surface area contributed by atoms with Gasteiger partial charge in [-0.05, 0) is 17.2 Å². The summed E-state index contributed by atoms with van der Waals surface area (Å²) in [5.74, 6) is 0. The van der Waals surface area contributed by atoms with Gasteiger partial charge in [-0.2, -0.15) is 0 Å². The third-order valence-electron chi connectivity index (χ3n) is 1.80. The van der Waals surface area contributed by atoms with Crippen LogP contribution in [0.25, 0.3) is 4.83 Å². The number of sulfonamides is 1. The summed E-state index contributed by atoms with van der Waals surface area (Å²) in [5.41, 5.74) is 0.355. The first-order valence-electron chi connectivity index (χ1n) is 4.23. The van der Waals surface area contributed by atoms with Gasteiger partial charge in [-0.15, -0.1) is 0 Å². The van der Waals surface area contributed by atoms with Crippen molar-refractivity contribution in [2.75, 3.05) is 19.0 Å². The molecule has 17 heavy (non-hydrogen) atoms. The Bertz CT molecular complexity index is 503. The average molecular weight is 352 g/mol. The van der Waals surface area contributed by atoms with Gasteiger partial charge < -0.3 is 4.90 Å². The Balaban J connectivity index is 0.00000256. The van der Waals surface area contributed by atoms with Crippen LogP contribution in [0.15, 0.2) is 29.2 Å². The van der Waals surface area contributed by atoms with Crippen molar-refractivity contribution in [2.24, 2.45) is 0 Å². The van der Waals surface area contributed by atoms with Crippen LogP contribution in [-0.4, -0.2) is 27.5 Å². The van der Waals surface area contributed by atoms with Crippen molar-refractivity contribution in [1.82, 2.24) is 0 Å². The molecule has 1 rings (SSSR count). The van der Waals surface area contributed by atoms with Crippen LogP contribution in [0.4, 0.5) is 5.69 Å². The van der Waals surface area contributed by atoms with Gasteiger partial charge in [0.05, 0.1) is 10.6 Å². The van der Waals surface area contributed by atoms with E-state index in [1.165, 1.54) is 12.1 Å². The van der Waals surface area contributed by atoms with Gasteiger partial charge in [-0.1, -0.05) is 12.1 Å². The molecule has 0 atom stereocenters. The normalized spacial score (nSPS) is 10.2. The molecular formula is C8H10AgN3O4S. The van der Waals surface area contributed by atoms with Crippen molar-refractivity contribution in [1.29, 1.82) is 0 Å². The minimum Gasteiger partial charge on any atom is -0.377 e. The van der Waals surface area contributed by atoms with E-state index < -0.39 is 15.1 Å². The number of nitro groups is 1. The first-order valence-corrected chi connectivity index (χ1v) is 5.67. The Morgan fingerprint density at radius 3 is 2.29 bits per heavy atom. The van der Waals surface area contributed by atoms with Crippen LogP contribution < -0.4 is 4.90 Å². The number of anilines is 1. The molecule has 0 aromatic heterocycles. The minimum atomic E-state index is -4.25. The molecule has 0 aliphatic rings. The van der Waals surface area contributed by atoms with Crippen LogP contribution in [0.3, 0.4) is 0 Å². The molecule has 0 heterocycles. The van der Waals surface area contributed by atoms with Gasteiger partial charge in [0, 0.05) is 14.1 Å². The number of benzene rings is 1. The molecule has 0 saturated carbocycles. The van der Waals surface area contributed by atoms with Gasteiger partial charge in [-0.3, -0.25) is 14.9 Å². The van der Waals surface area contributed by atoms with E-state index in [-0.39, 0.29) is 27.3 Å². The maximum absolute atomic E-state index is 11.5. The summed E-state index contributed by atoms with van der Waals surface area (Å²) < 4.78 is 23.1. The summed E-state index contributed by atoms with van der Waals surface area (Å²) in [5, 5.41) is 8.90. The van der Waals surface area contributed by atoms with Crippen molar-refractivity contribution >= 4 is 15.7 Å². The monoisotopic (exact) mass is 351 g/mol. The molecule has 0 saturated heterocycles. The predicted octanol–water partition coefficient (Wildman–Crippen LogP) is 1.00. The summed E-state index contributed by atoms with van der Waals surface area (Å²) in [7, 11) is -0.972. The second kappa shape index (κ2) is 6.01.